The Hall–Kier alpha value is -10.2. The SMILES string of the molecule is O=C(O)c1ccc(C2=c3c4cc5ccccc5cc4c4n3C35N6C(=Nc7c8cc9ccccc9cc8c(n73)N=C3c7cc8ccccc8cc7C2=[N+]35)c2cc3ccccc3cc2C6C=4c2ccc(C(=O)O)cc2)cc1. The molecule has 0 saturated carbocycles. The van der Waals surface area contributed by atoms with E-state index in [0.29, 0.717) is 0 Å². The zero-order chi connectivity index (χ0) is 49.3. The number of hydrogen-bond donors (Lipinski definition) is 2. The van der Waals surface area contributed by atoms with E-state index in [2.05, 4.69) is 164 Å². The molecule has 348 valence electrons. The Bertz CT molecular complexity index is 5080. The minimum absolute atomic E-state index is 0.196. The number of hydrogen-bond acceptors (Lipinski definition) is 5. The fourth-order valence-corrected chi connectivity index (χ4v) is 13.9. The van der Waals surface area contributed by atoms with Crippen molar-refractivity contribution in [2.75, 3.05) is 0 Å². The first-order valence-corrected chi connectivity index (χ1v) is 25.1. The van der Waals surface area contributed by atoms with E-state index in [4.69, 9.17) is 9.98 Å². The molecule has 0 bridgehead atoms. The quantitative estimate of drug-likeness (QED) is 0.171. The number of aliphatic imine (C=N–C) groups is 2. The van der Waals surface area contributed by atoms with Gasteiger partial charge in [-0.3, -0.25) is 9.47 Å². The number of carboxylic acids is 2. The summed E-state index contributed by atoms with van der Waals surface area (Å²) in [5, 5.41) is 35.3. The zero-order valence-electron chi connectivity index (χ0n) is 39.4. The maximum absolute atomic E-state index is 12.6. The molecule has 8 heterocycles. The number of aromatic carboxylic acids is 2. The van der Waals surface area contributed by atoms with Crippen LogP contribution in [0, 0.1) is 0 Å². The number of amidine groups is 2. The third-order valence-corrected chi connectivity index (χ3v) is 16.9. The molecule has 75 heavy (non-hydrogen) atoms. The summed E-state index contributed by atoms with van der Waals surface area (Å²) in [6.07, 6.45) is 0. The van der Waals surface area contributed by atoms with Crippen molar-refractivity contribution in [3.05, 3.63) is 249 Å². The Balaban J connectivity index is 1.16. The Labute approximate surface area is 424 Å². The van der Waals surface area contributed by atoms with Gasteiger partial charge in [-0.25, -0.2) is 19.1 Å². The number of nitrogens with zero attached hydrogens (tertiary/aromatic N) is 6. The number of rotatable bonds is 4. The molecule has 6 aliphatic rings. The maximum Gasteiger partial charge on any atom is 0.368 e. The molecule has 0 amide bonds. The summed E-state index contributed by atoms with van der Waals surface area (Å²) in [7, 11) is 0. The van der Waals surface area contributed by atoms with Crippen LogP contribution < -0.4 is 10.7 Å². The topological polar surface area (TPSA) is 115 Å². The third kappa shape index (κ3) is 4.62. The molecule has 10 heteroatoms. The molecular formula is C65H35N6O4+. The Morgan fingerprint density at radius 2 is 0.920 bits per heavy atom. The molecule has 10 aromatic carbocycles. The first-order valence-electron chi connectivity index (χ1n) is 25.1. The van der Waals surface area contributed by atoms with E-state index in [1.165, 1.54) is 0 Å². The molecule has 18 rings (SSSR count). The predicted octanol–water partition coefficient (Wildman–Crippen LogP) is 11.5. The van der Waals surface area contributed by atoms with Crippen molar-refractivity contribution in [3.63, 3.8) is 0 Å². The van der Waals surface area contributed by atoms with Gasteiger partial charge in [0.25, 0.3) is 5.82 Å². The van der Waals surface area contributed by atoms with E-state index >= 15 is 0 Å². The minimum atomic E-state index is -1.27. The lowest BCUT2D eigenvalue weighted by molar-refractivity contribution is -0.589. The lowest BCUT2D eigenvalue weighted by atomic mass is 9.88. The fourth-order valence-electron chi connectivity index (χ4n) is 13.9. The Morgan fingerprint density at radius 1 is 0.467 bits per heavy atom. The fraction of sp³-hybridized carbons (Fsp3) is 0.0308. The largest absolute Gasteiger partial charge is 0.478 e. The van der Waals surface area contributed by atoms with Crippen molar-refractivity contribution >= 4 is 117 Å². The van der Waals surface area contributed by atoms with Crippen LogP contribution in [0.1, 0.15) is 60.1 Å². The van der Waals surface area contributed by atoms with Gasteiger partial charge in [-0.1, -0.05) is 121 Å². The summed E-state index contributed by atoms with van der Waals surface area (Å²) in [5.74, 6) is -0.0520. The van der Waals surface area contributed by atoms with Gasteiger partial charge in [-0.05, 0) is 138 Å². The molecule has 2 aromatic heterocycles. The van der Waals surface area contributed by atoms with Crippen molar-refractivity contribution in [1.82, 2.24) is 14.0 Å². The van der Waals surface area contributed by atoms with Gasteiger partial charge in [-0.15, -0.1) is 0 Å². The van der Waals surface area contributed by atoms with Gasteiger partial charge < -0.3 is 10.2 Å². The zero-order valence-corrected chi connectivity index (χ0v) is 39.4. The Morgan fingerprint density at radius 3 is 1.47 bits per heavy atom. The summed E-state index contributed by atoms with van der Waals surface area (Å²) < 4.78 is 7.45. The molecule has 0 radical (unpaired) electrons. The third-order valence-electron chi connectivity index (χ3n) is 16.9. The van der Waals surface area contributed by atoms with Crippen LogP contribution in [0.4, 0.5) is 11.6 Å². The molecule has 1 spiro atoms. The van der Waals surface area contributed by atoms with Crippen molar-refractivity contribution in [3.8, 4) is 0 Å². The highest BCUT2D eigenvalue weighted by Gasteiger charge is 2.70. The van der Waals surface area contributed by atoms with Crippen LogP contribution in [-0.4, -0.2) is 58.1 Å². The van der Waals surface area contributed by atoms with Crippen molar-refractivity contribution in [2.24, 2.45) is 9.98 Å². The van der Waals surface area contributed by atoms with E-state index in [-0.39, 0.29) is 11.1 Å². The van der Waals surface area contributed by atoms with Crippen LogP contribution in [0.5, 0.6) is 0 Å². The van der Waals surface area contributed by atoms with Gasteiger partial charge in [0.05, 0.1) is 44.4 Å². The van der Waals surface area contributed by atoms with Crippen molar-refractivity contribution in [1.29, 1.82) is 0 Å². The van der Waals surface area contributed by atoms with Crippen LogP contribution in [0.3, 0.4) is 0 Å². The van der Waals surface area contributed by atoms with E-state index in [1.54, 1.807) is 24.3 Å². The van der Waals surface area contributed by atoms with Gasteiger partial charge in [0.2, 0.25) is 0 Å². The molecule has 0 saturated heterocycles. The number of carbonyl (C=O) groups is 2. The number of benzene rings is 10. The van der Waals surface area contributed by atoms with E-state index < -0.39 is 23.9 Å². The normalized spacial score (nSPS) is 18.0. The van der Waals surface area contributed by atoms with Gasteiger partial charge >= 0.3 is 23.7 Å². The summed E-state index contributed by atoms with van der Waals surface area (Å²) >= 11 is 0. The highest BCUT2D eigenvalue weighted by Crippen LogP contribution is 2.60. The summed E-state index contributed by atoms with van der Waals surface area (Å²) in [6.45, 7) is 0. The molecular weight excluding hydrogens is 929 g/mol. The maximum atomic E-state index is 12.6. The van der Waals surface area contributed by atoms with Crippen LogP contribution in [0.15, 0.2) is 204 Å². The second-order valence-corrected chi connectivity index (χ2v) is 20.5. The van der Waals surface area contributed by atoms with E-state index in [1.807, 2.05) is 24.3 Å². The second-order valence-electron chi connectivity index (χ2n) is 20.5. The monoisotopic (exact) mass is 963 g/mol. The number of aromatic nitrogens is 2. The molecule has 0 fully saturated rings. The second kappa shape index (κ2) is 13.3. The molecule has 2 N–H and O–H groups in total. The van der Waals surface area contributed by atoms with Crippen LogP contribution in [0.2, 0.25) is 0 Å². The molecule has 10 nitrogen and oxygen atoms in total. The Kier molecular flexibility index (Phi) is 6.97. The highest BCUT2D eigenvalue weighted by molar-refractivity contribution is 6.37. The molecule has 2 unspecified atom stereocenters. The standard InChI is InChI=1S/C65H34N6O4/c72-63(73)35-21-17-33(18-22-35)53-55-45-25-37-9-1-2-10-38(37)26-46(45)56-54(34-19-23-36(24-20-34)64(74)75)58-48-28-40-12-4-6-14-42(40)30-50(48)60-67-62-52-32-44-16-8-7-15-43(44)31-51(52)61-66-59-49-29-41-13-5-3-11-39(41)27-47(49)57(53)69(59)65(68(55)56,70(58)60)71(61)62/h1-32,57H,(H-,72,73,74,75)/p+1. The summed E-state index contributed by atoms with van der Waals surface area (Å²) in [6, 6.07) is 66.7. The van der Waals surface area contributed by atoms with Crippen LogP contribution >= 0.6 is 0 Å². The van der Waals surface area contributed by atoms with Gasteiger partial charge in [0.1, 0.15) is 5.84 Å². The molecule has 0 aliphatic carbocycles. The van der Waals surface area contributed by atoms with Crippen molar-refractivity contribution in [2.45, 2.75) is 12.0 Å². The average molecular weight is 964 g/mol. The summed E-state index contributed by atoms with van der Waals surface area (Å²) in [5.41, 5.74) is 9.16. The first-order chi connectivity index (χ1) is 36.8. The average Bonchev–Trinajstić information content (AvgIpc) is 4.16. The summed E-state index contributed by atoms with van der Waals surface area (Å²) in [4.78, 5) is 39.6. The van der Waals surface area contributed by atoms with E-state index in [9.17, 15) is 19.8 Å². The van der Waals surface area contributed by atoms with Gasteiger partial charge in [0.15, 0.2) is 11.5 Å². The van der Waals surface area contributed by atoms with E-state index in [0.717, 1.165) is 149 Å². The van der Waals surface area contributed by atoms with Gasteiger partial charge in [0, 0.05) is 32.9 Å². The number of carboxylic acid groups (broad SMARTS) is 2. The van der Waals surface area contributed by atoms with Crippen LogP contribution in [0.25, 0.3) is 75.8 Å². The van der Waals surface area contributed by atoms with Crippen molar-refractivity contribution < 1.29 is 24.4 Å². The lowest BCUT2D eigenvalue weighted by Crippen LogP contribution is -2.74. The highest BCUT2D eigenvalue weighted by atomic mass is 16.4. The predicted molar refractivity (Wildman–Crippen MR) is 293 cm³/mol. The minimum Gasteiger partial charge on any atom is -0.478 e. The molecule has 6 aliphatic heterocycles. The first kappa shape index (κ1) is 39.4. The van der Waals surface area contributed by atoms with Crippen LogP contribution in [-0.2, 0) is 5.91 Å². The number of fused-ring (bicyclic) bond motifs is 16. The molecule has 2 atom stereocenters. The molecule has 12 aromatic rings. The smallest absolute Gasteiger partial charge is 0.368 e. The van der Waals surface area contributed by atoms with Gasteiger partial charge in [-0.2, -0.15) is 4.58 Å². The lowest BCUT2D eigenvalue weighted by Gasteiger charge is -2.52.